The van der Waals surface area contributed by atoms with Gasteiger partial charge in [-0.2, -0.15) is 4.98 Å². The van der Waals surface area contributed by atoms with Crippen molar-refractivity contribution in [3.05, 3.63) is 29.5 Å². The van der Waals surface area contributed by atoms with Crippen LogP contribution < -0.4 is 26.6 Å². The Morgan fingerprint density at radius 2 is 1.81 bits per heavy atom. The number of amides is 1. The lowest BCUT2D eigenvalue weighted by atomic mass is 9.95. The number of likely N-dealkylation sites (tertiary alicyclic amines) is 1. The zero-order chi connectivity index (χ0) is 29.6. The van der Waals surface area contributed by atoms with E-state index in [-0.39, 0.29) is 18.5 Å². The van der Waals surface area contributed by atoms with Crippen molar-refractivity contribution in [2.45, 2.75) is 89.9 Å². The summed E-state index contributed by atoms with van der Waals surface area (Å²) >= 11 is 0. The highest BCUT2D eigenvalue weighted by Crippen LogP contribution is 2.18. The number of carboxylic acids is 1. The van der Waals surface area contributed by atoms with Gasteiger partial charge in [-0.3, -0.25) is 9.59 Å². The molecule has 42 heavy (non-hydrogen) atoms. The molecule has 2 aliphatic rings. The van der Waals surface area contributed by atoms with E-state index < -0.39 is 5.97 Å². The van der Waals surface area contributed by atoms with Crippen molar-refractivity contribution in [1.82, 2.24) is 40.8 Å². The topological polar surface area (TPSA) is 172 Å². The van der Waals surface area contributed by atoms with Gasteiger partial charge in [-0.25, -0.2) is 9.97 Å². The molecule has 2 fully saturated rings. The van der Waals surface area contributed by atoms with Crippen molar-refractivity contribution in [1.29, 1.82) is 0 Å². The maximum Gasteiger partial charge on any atom is 0.317 e. The van der Waals surface area contributed by atoms with Crippen LogP contribution in [0.15, 0.2) is 12.3 Å². The molecular formula is C29H48N10O3. The molecular weight excluding hydrogens is 536 g/mol. The van der Waals surface area contributed by atoms with E-state index in [2.05, 4.69) is 46.5 Å². The number of carbonyl (C=O) groups excluding carboxylic acids is 1. The van der Waals surface area contributed by atoms with Crippen molar-refractivity contribution in [3.8, 4) is 0 Å². The fourth-order valence-electron chi connectivity index (χ4n) is 5.55. The second-order valence-corrected chi connectivity index (χ2v) is 11.4. The van der Waals surface area contributed by atoms with Crippen LogP contribution in [0.3, 0.4) is 0 Å². The number of rotatable bonds is 17. The van der Waals surface area contributed by atoms with E-state index in [4.69, 9.17) is 5.11 Å². The average Bonchev–Trinajstić information content (AvgIpc) is 3.44. The van der Waals surface area contributed by atoms with Crippen molar-refractivity contribution >= 4 is 23.6 Å². The lowest BCUT2D eigenvalue weighted by Crippen LogP contribution is -2.43. The van der Waals surface area contributed by atoms with E-state index in [1.807, 2.05) is 24.1 Å². The molecule has 4 rings (SSSR count). The maximum atomic E-state index is 12.4. The third-order valence-electron chi connectivity index (χ3n) is 7.82. The van der Waals surface area contributed by atoms with Gasteiger partial charge >= 0.3 is 5.97 Å². The van der Waals surface area contributed by atoms with Crippen LogP contribution in [0.5, 0.6) is 0 Å². The molecule has 13 heteroatoms. The normalized spacial score (nSPS) is 16.5. The molecule has 1 saturated carbocycles. The zero-order valence-electron chi connectivity index (χ0n) is 24.9. The highest BCUT2D eigenvalue weighted by molar-refractivity contribution is 5.76. The summed E-state index contributed by atoms with van der Waals surface area (Å²) in [6, 6.07) is 2.86. The number of aromatic amines is 1. The predicted molar refractivity (Wildman–Crippen MR) is 162 cm³/mol. The van der Waals surface area contributed by atoms with Gasteiger partial charge in [0, 0.05) is 68.3 Å². The van der Waals surface area contributed by atoms with Crippen LogP contribution in [0, 0.1) is 6.92 Å². The van der Waals surface area contributed by atoms with Gasteiger partial charge in [-0.1, -0.05) is 19.3 Å². The van der Waals surface area contributed by atoms with Crippen LogP contribution in [-0.2, 0) is 22.7 Å². The molecule has 1 amide bonds. The van der Waals surface area contributed by atoms with Crippen LogP contribution in [0.1, 0.15) is 75.0 Å². The van der Waals surface area contributed by atoms with Gasteiger partial charge < -0.3 is 41.6 Å². The molecule has 232 valence electrons. The summed E-state index contributed by atoms with van der Waals surface area (Å²) in [5, 5.41) is 25.4. The summed E-state index contributed by atoms with van der Waals surface area (Å²) in [5.74, 6) is 1.26. The minimum atomic E-state index is -0.922. The number of piperidine rings is 1. The van der Waals surface area contributed by atoms with Gasteiger partial charge in [0.2, 0.25) is 11.9 Å². The molecule has 2 aromatic rings. The summed E-state index contributed by atoms with van der Waals surface area (Å²) in [6.45, 7) is 6.81. The van der Waals surface area contributed by atoms with Crippen LogP contribution in [-0.4, -0.2) is 93.2 Å². The van der Waals surface area contributed by atoms with E-state index in [9.17, 15) is 9.59 Å². The molecule has 3 heterocycles. The lowest BCUT2D eigenvalue weighted by molar-refractivity contribution is -0.136. The van der Waals surface area contributed by atoms with Crippen LogP contribution >= 0.6 is 0 Å². The van der Waals surface area contributed by atoms with Gasteiger partial charge in [-0.15, -0.1) is 0 Å². The van der Waals surface area contributed by atoms with Gasteiger partial charge in [0.15, 0.2) is 0 Å². The smallest absolute Gasteiger partial charge is 0.317 e. The van der Waals surface area contributed by atoms with E-state index in [1.165, 1.54) is 32.1 Å². The van der Waals surface area contributed by atoms with Crippen LogP contribution in [0.4, 0.5) is 11.8 Å². The number of aryl methyl sites for hydroxylation is 1. The van der Waals surface area contributed by atoms with E-state index in [1.54, 1.807) is 0 Å². The predicted octanol–water partition coefficient (Wildman–Crippen LogP) is 1.99. The molecule has 1 aliphatic carbocycles. The maximum absolute atomic E-state index is 12.4. The number of nitrogens with zero attached hydrogens (tertiary/aromatic N) is 4. The fraction of sp³-hybridized carbons (Fsp3) is 0.690. The van der Waals surface area contributed by atoms with E-state index in [0.717, 1.165) is 61.9 Å². The second kappa shape index (κ2) is 17.0. The molecule has 0 radical (unpaired) electrons. The largest absolute Gasteiger partial charge is 0.480 e. The van der Waals surface area contributed by atoms with Gasteiger partial charge in [-0.05, 0) is 52.1 Å². The fourth-order valence-corrected chi connectivity index (χ4v) is 5.55. The average molecular weight is 585 g/mol. The number of imidazole rings is 1. The number of carboxylic acid groups (broad SMARTS) is 1. The SMILES string of the molecule is Cc1cc(NC2CCN(C(=O)CCNCC(=O)O)CC2)nc(NCc2ncc(CNCCCNC3CCCCC3)[nH]2)n1. The molecule has 2 aromatic heterocycles. The van der Waals surface area contributed by atoms with Crippen LogP contribution in [0.2, 0.25) is 0 Å². The molecule has 0 spiro atoms. The molecule has 0 aromatic carbocycles. The molecule has 0 bridgehead atoms. The van der Waals surface area contributed by atoms with E-state index >= 15 is 0 Å². The Bertz CT molecular complexity index is 1110. The van der Waals surface area contributed by atoms with Crippen molar-refractivity contribution in [3.63, 3.8) is 0 Å². The highest BCUT2D eigenvalue weighted by atomic mass is 16.4. The summed E-state index contributed by atoms with van der Waals surface area (Å²) in [7, 11) is 0. The Morgan fingerprint density at radius 3 is 2.60 bits per heavy atom. The van der Waals surface area contributed by atoms with E-state index in [0.29, 0.717) is 44.6 Å². The van der Waals surface area contributed by atoms with Gasteiger partial charge in [0.05, 0.1) is 13.1 Å². The molecule has 0 unspecified atom stereocenters. The van der Waals surface area contributed by atoms with Crippen LogP contribution in [0.25, 0.3) is 0 Å². The number of hydrogen-bond donors (Lipinski definition) is 7. The molecule has 1 saturated heterocycles. The van der Waals surface area contributed by atoms with Gasteiger partial charge in [0.25, 0.3) is 0 Å². The minimum absolute atomic E-state index is 0.0507. The Morgan fingerprint density at radius 1 is 1.00 bits per heavy atom. The standard InChI is InChI=1S/C29H48N10O3/c1-21-16-25(36-23-9-14-39(15-10-23)27(40)8-13-31-20-28(41)42)38-29(35-21)34-19-26-33-18-24(37-26)17-30-11-5-12-32-22-6-3-2-4-7-22/h16,18,22-23,30-32H,2-15,17,19-20H2,1H3,(H,33,37)(H,41,42)(H2,34,35,36,38). The molecule has 7 N–H and O–H groups in total. The van der Waals surface area contributed by atoms with Gasteiger partial charge in [0.1, 0.15) is 11.6 Å². The summed E-state index contributed by atoms with van der Waals surface area (Å²) in [5.41, 5.74) is 1.92. The Kier molecular flexibility index (Phi) is 12.8. The zero-order valence-corrected chi connectivity index (χ0v) is 24.9. The quantitative estimate of drug-likeness (QED) is 0.136. The highest BCUT2D eigenvalue weighted by Gasteiger charge is 2.23. The third kappa shape index (κ3) is 11.2. The van der Waals surface area contributed by atoms with Crippen molar-refractivity contribution < 1.29 is 14.7 Å². The first kappa shape index (κ1) is 31.6. The molecule has 0 atom stereocenters. The Labute approximate surface area is 248 Å². The number of nitrogens with one attached hydrogen (secondary N) is 6. The first-order valence-electron chi connectivity index (χ1n) is 15.5. The number of anilines is 2. The monoisotopic (exact) mass is 584 g/mol. The van der Waals surface area contributed by atoms with Crippen molar-refractivity contribution in [2.75, 3.05) is 49.9 Å². The summed E-state index contributed by atoms with van der Waals surface area (Å²) in [4.78, 5) is 41.9. The number of hydrogen-bond acceptors (Lipinski definition) is 10. The molecule has 13 nitrogen and oxygen atoms in total. The second-order valence-electron chi connectivity index (χ2n) is 11.4. The number of H-pyrrole nitrogens is 1. The Hall–Kier alpha value is -3.29. The number of aliphatic carboxylic acids is 1. The summed E-state index contributed by atoms with van der Waals surface area (Å²) in [6.07, 6.45) is 11.7. The number of carbonyl (C=O) groups is 2. The lowest BCUT2D eigenvalue weighted by Gasteiger charge is -2.32. The first-order chi connectivity index (χ1) is 20.4. The minimum Gasteiger partial charge on any atom is -0.480 e. The first-order valence-corrected chi connectivity index (χ1v) is 15.5. The molecule has 1 aliphatic heterocycles. The summed E-state index contributed by atoms with van der Waals surface area (Å²) < 4.78 is 0. The Balaban J connectivity index is 1.12. The third-order valence-corrected chi connectivity index (χ3v) is 7.82. The van der Waals surface area contributed by atoms with Crippen molar-refractivity contribution in [2.24, 2.45) is 0 Å². The number of aromatic nitrogens is 4.